The van der Waals surface area contributed by atoms with Gasteiger partial charge in [-0.2, -0.15) is 4.98 Å². The molecule has 0 amide bonds. The summed E-state index contributed by atoms with van der Waals surface area (Å²) in [5, 5.41) is 4.14. The van der Waals surface area contributed by atoms with Crippen molar-refractivity contribution in [2.45, 2.75) is 52.4 Å². The molecule has 1 aromatic carbocycles. The zero-order valence-corrected chi connectivity index (χ0v) is 13.4. The molecule has 0 saturated carbocycles. The fraction of sp³-hybridized carbons (Fsp3) is 0.529. The summed E-state index contributed by atoms with van der Waals surface area (Å²) in [7, 11) is 0. The first kappa shape index (κ1) is 15.7. The molecule has 0 aliphatic rings. The Bertz CT molecular complexity index is 571. The van der Waals surface area contributed by atoms with Crippen molar-refractivity contribution in [3.05, 3.63) is 46.6 Å². The number of rotatable bonds is 6. The summed E-state index contributed by atoms with van der Waals surface area (Å²) in [6, 6.07) is 6.50. The molecule has 114 valence electrons. The van der Waals surface area contributed by atoms with Crippen LogP contribution in [0.3, 0.4) is 0 Å². The van der Waals surface area contributed by atoms with Gasteiger partial charge in [-0.15, -0.1) is 0 Å². The molecule has 0 atom stereocenters. The molecule has 0 radical (unpaired) electrons. The maximum absolute atomic E-state index is 5.93. The molecule has 0 bridgehead atoms. The lowest BCUT2D eigenvalue weighted by Gasteiger charge is -2.24. The van der Waals surface area contributed by atoms with E-state index in [1.54, 1.807) is 0 Å². The van der Waals surface area contributed by atoms with Crippen LogP contribution in [0.1, 0.15) is 55.1 Å². The van der Waals surface area contributed by atoms with Crippen molar-refractivity contribution >= 4 is 0 Å². The van der Waals surface area contributed by atoms with Crippen molar-refractivity contribution in [1.29, 1.82) is 0 Å². The van der Waals surface area contributed by atoms with Crippen LogP contribution in [0.25, 0.3) is 0 Å². The maximum atomic E-state index is 5.93. The topological polar surface area (TPSA) is 64.9 Å². The van der Waals surface area contributed by atoms with Gasteiger partial charge in [0.2, 0.25) is 5.89 Å². The molecule has 2 N–H and O–H groups in total. The number of aryl methyl sites for hydroxylation is 2. The summed E-state index contributed by atoms with van der Waals surface area (Å²) in [5.41, 5.74) is 9.48. The maximum Gasteiger partial charge on any atom is 0.234 e. The van der Waals surface area contributed by atoms with Crippen LogP contribution < -0.4 is 5.73 Å². The second kappa shape index (κ2) is 6.39. The summed E-state index contributed by atoms with van der Waals surface area (Å²) in [4.78, 5) is 4.59. The highest BCUT2D eigenvalue weighted by atomic mass is 16.5. The minimum absolute atomic E-state index is 0.187. The Balaban J connectivity index is 2.24. The van der Waals surface area contributed by atoms with Crippen LogP contribution in [0, 0.1) is 13.8 Å². The molecule has 4 nitrogen and oxygen atoms in total. The van der Waals surface area contributed by atoms with Crippen LogP contribution in [0.15, 0.2) is 22.7 Å². The molecule has 0 fully saturated rings. The number of hydrogen-bond acceptors (Lipinski definition) is 4. The van der Waals surface area contributed by atoms with Gasteiger partial charge >= 0.3 is 0 Å². The van der Waals surface area contributed by atoms with E-state index < -0.39 is 0 Å². The van der Waals surface area contributed by atoms with E-state index in [-0.39, 0.29) is 5.41 Å². The number of nitrogens with two attached hydrogens (primary N) is 1. The molecule has 2 aromatic rings. The molecule has 0 unspecified atom stereocenters. The number of hydrogen-bond donors (Lipinski definition) is 1. The van der Waals surface area contributed by atoms with E-state index in [0.29, 0.717) is 18.9 Å². The van der Waals surface area contributed by atoms with Gasteiger partial charge in [-0.3, -0.25) is 0 Å². The summed E-state index contributed by atoms with van der Waals surface area (Å²) >= 11 is 0. The summed E-state index contributed by atoms with van der Waals surface area (Å²) in [6.07, 6.45) is 2.51. The van der Waals surface area contributed by atoms with Crippen LogP contribution in [0.2, 0.25) is 0 Å². The lowest BCUT2D eigenvalue weighted by molar-refractivity contribution is 0.266. The SMILES string of the molecule is CCC(CC)(CN)c1nc(Cc2cc(C)cc(C)c2)no1. The van der Waals surface area contributed by atoms with Gasteiger partial charge in [-0.1, -0.05) is 48.3 Å². The first-order chi connectivity index (χ1) is 10.0. The lowest BCUT2D eigenvalue weighted by Crippen LogP contribution is -2.34. The first-order valence-electron chi connectivity index (χ1n) is 7.63. The molecule has 4 heteroatoms. The molecule has 0 aliphatic heterocycles. The number of benzene rings is 1. The Morgan fingerprint density at radius 3 is 2.24 bits per heavy atom. The second-order valence-corrected chi connectivity index (χ2v) is 5.88. The Morgan fingerprint density at radius 1 is 1.10 bits per heavy atom. The molecule has 0 saturated heterocycles. The minimum Gasteiger partial charge on any atom is -0.339 e. The van der Waals surface area contributed by atoms with Crippen molar-refractivity contribution in [2.75, 3.05) is 6.54 Å². The Morgan fingerprint density at radius 2 is 1.71 bits per heavy atom. The van der Waals surface area contributed by atoms with Crippen molar-refractivity contribution in [3.8, 4) is 0 Å². The highest BCUT2D eigenvalue weighted by molar-refractivity contribution is 5.30. The Hall–Kier alpha value is -1.68. The molecule has 1 aromatic heterocycles. The van der Waals surface area contributed by atoms with E-state index in [1.165, 1.54) is 16.7 Å². The molecular weight excluding hydrogens is 262 g/mol. The van der Waals surface area contributed by atoms with E-state index in [9.17, 15) is 0 Å². The molecule has 2 rings (SSSR count). The van der Waals surface area contributed by atoms with Crippen molar-refractivity contribution in [1.82, 2.24) is 10.1 Å². The average molecular weight is 287 g/mol. The highest BCUT2D eigenvalue weighted by Gasteiger charge is 2.33. The van der Waals surface area contributed by atoms with Gasteiger partial charge in [0.05, 0.1) is 5.41 Å². The first-order valence-corrected chi connectivity index (χ1v) is 7.63. The van der Waals surface area contributed by atoms with Gasteiger partial charge in [-0.25, -0.2) is 0 Å². The van der Waals surface area contributed by atoms with Crippen LogP contribution in [-0.2, 0) is 11.8 Å². The number of nitrogens with zero attached hydrogens (tertiary/aromatic N) is 2. The van der Waals surface area contributed by atoms with E-state index in [1.807, 2.05) is 0 Å². The van der Waals surface area contributed by atoms with Gasteiger partial charge in [-0.05, 0) is 32.3 Å². The fourth-order valence-electron chi connectivity index (χ4n) is 2.82. The van der Waals surface area contributed by atoms with Crippen LogP contribution in [0.4, 0.5) is 0 Å². The molecular formula is C17H25N3O. The molecule has 0 spiro atoms. The van der Waals surface area contributed by atoms with Gasteiger partial charge in [0.15, 0.2) is 5.82 Å². The van der Waals surface area contributed by atoms with Crippen molar-refractivity contribution in [3.63, 3.8) is 0 Å². The van der Waals surface area contributed by atoms with Crippen LogP contribution in [-0.4, -0.2) is 16.7 Å². The van der Waals surface area contributed by atoms with Crippen molar-refractivity contribution in [2.24, 2.45) is 5.73 Å². The van der Waals surface area contributed by atoms with E-state index >= 15 is 0 Å². The van der Waals surface area contributed by atoms with Gasteiger partial charge in [0.1, 0.15) is 0 Å². The predicted octanol–water partition coefficient (Wildman–Crippen LogP) is 3.29. The lowest BCUT2D eigenvalue weighted by atomic mass is 9.82. The standard InChI is InChI=1S/C17H25N3O/c1-5-17(6-2,11-18)16-19-15(20-21-16)10-14-8-12(3)7-13(4)9-14/h7-9H,5-6,10-11,18H2,1-4H3. The van der Waals surface area contributed by atoms with E-state index in [0.717, 1.165) is 18.7 Å². The van der Waals surface area contributed by atoms with Gasteiger partial charge in [0.25, 0.3) is 0 Å². The summed E-state index contributed by atoms with van der Waals surface area (Å²) < 4.78 is 5.49. The Labute approximate surface area is 126 Å². The molecule has 21 heavy (non-hydrogen) atoms. The van der Waals surface area contributed by atoms with Gasteiger partial charge < -0.3 is 10.3 Å². The third-order valence-electron chi connectivity index (χ3n) is 4.31. The Kier molecular flexibility index (Phi) is 4.78. The predicted molar refractivity (Wildman–Crippen MR) is 84.3 cm³/mol. The van der Waals surface area contributed by atoms with Gasteiger partial charge in [0, 0.05) is 13.0 Å². The van der Waals surface area contributed by atoms with Crippen LogP contribution in [0.5, 0.6) is 0 Å². The number of aromatic nitrogens is 2. The highest BCUT2D eigenvalue weighted by Crippen LogP contribution is 2.29. The zero-order chi connectivity index (χ0) is 15.5. The zero-order valence-electron chi connectivity index (χ0n) is 13.4. The smallest absolute Gasteiger partial charge is 0.234 e. The fourth-order valence-corrected chi connectivity index (χ4v) is 2.82. The van der Waals surface area contributed by atoms with Crippen molar-refractivity contribution < 1.29 is 4.52 Å². The quantitative estimate of drug-likeness (QED) is 0.885. The third-order valence-corrected chi connectivity index (χ3v) is 4.31. The third kappa shape index (κ3) is 3.32. The summed E-state index contributed by atoms with van der Waals surface area (Å²) in [6.45, 7) is 8.97. The molecule has 1 heterocycles. The second-order valence-electron chi connectivity index (χ2n) is 5.88. The average Bonchev–Trinajstić information content (AvgIpc) is 2.89. The van der Waals surface area contributed by atoms with Crippen LogP contribution >= 0.6 is 0 Å². The van der Waals surface area contributed by atoms with E-state index in [4.69, 9.17) is 10.3 Å². The normalized spacial score (nSPS) is 11.9. The minimum atomic E-state index is -0.187. The largest absolute Gasteiger partial charge is 0.339 e. The van der Waals surface area contributed by atoms with E-state index in [2.05, 4.69) is 56.0 Å². The summed E-state index contributed by atoms with van der Waals surface area (Å²) in [5.74, 6) is 1.41. The molecule has 0 aliphatic carbocycles. The monoisotopic (exact) mass is 287 g/mol.